The number of thiocarbonyl (C=S) groups is 1. The Kier molecular flexibility index (Phi) is 7.33. The van der Waals surface area contributed by atoms with Gasteiger partial charge >= 0.3 is 5.97 Å². The Balaban J connectivity index is 1.91. The maximum absolute atomic E-state index is 12.6. The Morgan fingerprint density at radius 3 is 2.60 bits per heavy atom. The van der Waals surface area contributed by atoms with E-state index in [2.05, 4.69) is 26.6 Å². The molecule has 30 heavy (non-hydrogen) atoms. The number of allylic oxidation sites excluding steroid dienone is 1. The molecular weight excluding hydrogens is 468 g/mol. The van der Waals surface area contributed by atoms with Gasteiger partial charge in [-0.3, -0.25) is 0 Å². The lowest BCUT2D eigenvalue weighted by molar-refractivity contribution is -0.139. The van der Waals surface area contributed by atoms with Crippen LogP contribution in [-0.4, -0.2) is 24.8 Å². The minimum Gasteiger partial charge on any atom is -0.496 e. The third-order valence-corrected chi connectivity index (χ3v) is 5.36. The molecule has 0 amide bonds. The van der Waals surface area contributed by atoms with E-state index in [4.69, 9.17) is 26.4 Å². The Hall–Kier alpha value is -2.58. The van der Waals surface area contributed by atoms with Crippen molar-refractivity contribution in [1.82, 2.24) is 10.6 Å². The molecule has 6 nitrogen and oxygen atoms in total. The number of ether oxygens (including phenoxy) is 3. The summed E-state index contributed by atoms with van der Waals surface area (Å²) in [5.74, 6) is 1.06. The molecule has 2 aromatic rings. The minimum atomic E-state index is -0.435. The molecule has 0 bridgehead atoms. The van der Waals surface area contributed by atoms with Crippen LogP contribution in [0.5, 0.6) is 11.5 Å². The van der Waals surface area contributed by atoms with Crippen molar-refractivity contribution >= 4 is 39.2 Å². The summed E-state index contributed by atoms with van der Waals surface area (Å²) in [5.41, 5.74) is 2.88. The van der Waals surface area contributed by atoms with Crippen molar-refractivity contribution in [2.75, 3.05) is 13.7 Å². The normalized spacial score (nSPS) is 15.9. The van der Waals surface area contributed by atoms with Crippen LogP contribution < -0.4 is 20.1 Å². The van der Waals surface area contributed by atoms with E-state index in [0.717, 1.165) is 21.3 Å². The van der Waals surface area contributed by atoms with Crippen molar-refractivity contribution in [3.63, 3.8) is 0 Å². The number of carbonyl (C=O) groups excluding carboxylic acids is 1. The zero-order valence-corrected chi connectivity index (χ0v) is 19.4. The van der Waals surface area contributed by atoms with E-state index in [1.165, 1.54) is 0 Å². The Labute approximate surface area is 189 Å². The first kappa shape index (κ1) is 22.1. The van der Waals surface area contributed by atoms with E-state index >= 15 is 0 Å². The molecule has 1 atom stereocenters. The number of halogens is 1. The molecule has 0 unspecified atom stereocenters. The van der Waals surface area contributed by atoms with E-state index in [1.807, 2.05) is 49.4 Å². The first-order valence-electron chi connectivity index (χ1n) is 9.43. The van der Waals surface area contributed by atoms with Crippen LogP contribution in [-0.2, 0) is 16.1 Å². The highest BCUT2D eigenvalue weighted by Gasteiger charge is 2.31. The Bertz CT molecular complexity index is 976. The molecule has 0 spiro atoms. The summed E-state index contributed by atoms with van der Waals surface area (Å²) in [4.78, 5) is 12.6. The second-order valence-electron chi connectivity index (χ2n) is 6.60. The zero-order chi connectivity index (χ0) is 21.7. The Morgan fingerprint density at radius 1 is 1.20 bits per heavy atom. The fraction of sp³-hybridized carbons (Fsp3) is 0.273. The van der Waals surface area contributed by atoms with Gasteiger partial charge in [0.1, 0.15) is 18.1 Å². The molecule has 0 saturated heterocycles. The zero-order valence-electron chi connectivity index (χ0n) is 17.0. The summed E-state index contributed by atoms with van der Waals surface area (Å²) >= 11 is 8.72. The number of rotatable bonds is 7. The number of hydrogen-bond donors (Lipinski definition) is 2. The number of carbonyl (C=O) groups is 1. The summed E-state index contributed by atoms with van der Waals surface area (Å²) in [6.07, 6.45) is 0. The van der Waals surface area contributed by atoms with E-state index in [1.54, 1.807) is 14.0 Å². The van der Waals surface area contributed by atoms with Gasteiger partial charge < -0.3 is 24.8 Å². The topological polar surface area (TPSA) is 68.8 Å². The molecule has 1 heterocycles. The Morgan fingerprint density at radius 2 is 1.93 bits per heavy atom. The van der Waals surface area contributed by atoms with E-state index in [9.17, 15) is 4.79 Å². The van der Waals surface area contributed by atoms with Crippen LogP contribution >= 0.6 is 28.1 Å². The van der Waals surface area contributed by atoms with Crippen LogP contribution in [0.2, 0.25) is 0 Å². The number of esters is 1. The van der Waals surface area contributed by atoms with Crippen LogP contribution in [0.4, 0.5) is 0 Å². The molecule has 0 aromatic heterocycles. The third kappa shape index (κ3) is 5.12. The molecular formula is C22H23BrN2O4S. The lowest BCUT2D eigenvalue weighted by Gasteiger charge is -2.30. The fourth-order valence-electron chi connectivity index (χ4n) is 3.21. The van der Waals surface area contributed by atoms with E-state index in [0.29, 0.717) is 35.3 Å². The van der Waals surface area contributed by atoms with Crippen LogP contribution in [0.15, 0.2) is 58.2 Å². The van der Waals surface area contributed by atoms with Gasteiger partial charge in [-0.2, -0.15) is 0 Å². The van der Waals surface area contributed by atoms with Crippen molar-refractivity contribution < 1.29 is 19.0 Å². The van der Waals surface area contributed by atoms with Gasteiger partial charge in [0.05, 0.1) is 25.3 Å². The van der Waals surface area contributed by atoms with Crippen LogP contribution in [0.25, 0.3) is 0 Å². The van der Waals surface area contributed by atoms with E-state index in [-0.39, 0.29) is 5.97 Å². The molecule has 8 heteroatoms. The average molecular weight is 491 g/mol. The van der Waals surface area contributed by atoms with Crippen molar-refractivity contribution in [2.45, 2.75) is 26.5 Å². The summed E-state index contributed by atoms with van der Waals surface area (Å²) in [5, 5.41) is 6.63. The third-order valence-electron chi connectivity index (χ3n) is 4.61. The predicted octanol–water partition coefficient (Wildman–Crippen LogP) is 4.39. The fourth-order valence-corrected chi connectivity index (χ4v) is 3.74. The van der Waals surface area contributed by atoms with Crippen LogP contribution in [0, 0.1) is 0 Å². The lowest BCUT2D eigenvalue weighted by Crippen LogP contribution is -2.45. The molecule has 0 fully saturated rings. The molecule has 1 aliphatic rings. The van der Waals surface area contributed by atoms with Gasteiger partial charge in [0.15, 0.2) is 5.11 Å². The maximum atomic E-state index is 12.6. The highest BCUT2D eigenvalue weighted by Crippen LogP contribution is 2.31. The van der Waals surface area contributed by atoms with Gasteiger partial charge in [-0.05, 0) is 68.0 Å². The van der Waals surface area contributed by atoms with Gasteiger partial charge in [-0.25, -0.2) is 4.79 Å². The van der Waals surface area contributed by atoms with Gasteiger partial charge in [-0.1, -0.05) is 22.0 Å². The highest BCUT2D eigenvalue weighted by atomic mass is 79.9. The molecule has 0 aliphatic carbocycles. The lowest BCUT2D eigenvalue weighted by atomic mass is 9.94. The van der Waals surface area contributed by atoms with Gasteiger partial charge in [-0.15, -0.1) is 0 Å². The SMILES string of the molecule is CCOC(=O)C1=C(C)NC(=S)N[C@@H]1c1ccc(OC)c(COc2ccc(Br)cc2)c1. The standard InChI is InChI=1S/C22H23BrN2O4S/c1-4-28-21(26)19-13(2)24-22(30)25-20(19)14-5-10-18(27-3)15(11-14)12-29-17-8-6-16(23)7-9-17/h5-11,20H,4,12H2,1-3H3,(H2,24,25,30)/t20-/m1/s1. The summed E-state index contributed by atoms with van der Waals surface area (Å²) in [7, 11) is 1.62. The average Bonchev–Trinajstić information content (AvgIpc) is 2.72. The summed E-state index contributed by atoms with van der Waals surface area (Å²) in [6.45, 7) is 4.20. The van der Waals surface area contributed by atoms with Crippen molar-refractivity contribution in [2.24, 2.45) is 0 Å². The predicted molar refractivity (Wildman–Crippen MR) is 122 cm³/mol. The minimum absolute atomic E-state index is 0.293. The second kappa shape index (κ2) is 9.95. The van der Waals surface area contributed by atoms with Crippen molar-refractivity contribution in [1.29, 1.82) is 0 Å². The van der Waals surface area contributed by atoms with Crippen LogP contribution in [0.3, 0.4) is 0 Å². The number of hydrogen-bond acceptors (Lipinski definition) is 5. The molecule has 0 saturated carbocycles. The first-order valence-corrected chi connectivity index (χ1v) is 10.6. The summed E-state index contributed by atoms with van der Waals surface area (Å²) in [6, 6.07) is 12.9. The van der Waals surface area contributed by atoms with Crippen LogP contribution in [0.1, 0.15) is 31.0 Å². The number of benzene rings is 2. The largest absolute Gasteiger partial charge is 0.496 e. The smallest absolute Gasteiger partial charge is 0.338 e. The molecule has 0 radical (unpaired) electrons. The van der Waals surface area contributed by atoms with E-state index < -0.39 is 6.04 Å². The highest BCUT2D eigenvalue weighted by molar-refractivity contribution is 9.10. The molecule has 1 aliphatic heterocycles. The molecule has 2 N–H and O–H groups in total. The van der Waals surface area contributed by atoms with Crippen molar-refractivity contribution in [3.05, 3.63) is 69.3 Å². The molecule has 2 aromatic carbocycles. The second-order valence-corrected chi connectivity index (χ2v) is 7.93. The molecule has 158 valence electrons. The first-order chi connectivity index (χ1) is 14.4. The van der Waals surface area contributed by atoms with Gasteiger partial charge in [0, 0.05) is 15.7 Å². The van der Waals surface area contributed by atoms with Gasteiger partial charge in [0.2, 0.25) is 0 Å². The maximum Gasteiger partial charge on any atom is 0.338 e. The number of nitrogens with one attached hydrogen (secondary N) is 2. The van der Waals surface area contributed by atoms with Gasteiger partial charge in [0.25, 0.3) is 0 Å². The summed E-state index contributed by atoms with van der Waals surface area (Å²) < 4.78 is 17.7. The monoisotopic (exact) mass is 490 g/mol. The quantitative estimate of drug-likeness (QED) is 0.440. The van der Waals surface area contributed by atoms with Crippen molar-refractivity contribution in [3.8, 4) is 11.5 Å². The number of methoxy groups -OCH3 is 1. The molecule has 3 rings (SSSR count).